The molecule has 0 aliphatic carbocycles. The molecule has 112 valence electrons. The minimum Gasteiger partial charge on any atom is -0.481 e. The van der Waals surface area contributed by atoms with Crippen LogP contribution in [0.3, 0.4) is 0 Å². The van der Waals surface area contributed by atoms with Gasteiger partial charge in [0.1, 0.15) is 11.2 Å². The highest BCUT2D eigenvalue weighted by atomic mass is 32.1. The molecule has 0 aliphatic heterocycles. The Morgan fingerprint density at radius 2 is 2.19 bits per heavy atom. The van der Waals surface area contributed by atoms with Crippen LogP contribution >= 0.6 is 11.3 Å². The van der Waals surface area contributed by atoms with E-state index in [1.54, 1.807) is 6.07 Å². The predicted molar refractivity (Wildman–Crippen MR) is 80.1 cm³/mol. The lowest BCUT2D eigenvalue weighted by Crippen LogP contribution is -2.45. The summed E-state index contributed by atoms with van der Waals surface area (Å²) in [4.78, 5) is 17.3. The molecule has 0 bridgehead atoms. The molecular formula is C15H17FN2O2S. The summed E-state index contributed by atoms with van der Waals surface area (Å²) in [6.07, 6.45) is 0.154. The molecule has 0 radical (unpaired) electrons. The fraction of sp³-hybridized carbons (Fsp3) is 0.333. The molecule has 0 aliphatic rings. The first-order valence-corrected chi connectivity index (χ1v) is 7.33. The molecule has 2 aromatic rings. The monoisotopic (exact) mass is 308 g/mol. The van der Waals surface area contributed by atoms with Crippen LogP contribution in [0.4, 0.5) is 4.39 Å². The van der Waals surface area contributed by atoms with Gasteiger partial charge in [-0.25, -0.2) is 9.37 Å². The van der Waals surface area contributed by atoms with Gasteiger partial charge in [0.15, 0.2) is 0 Å². The van der Waals surface area contributed by atoms with Gasteiger partial charge in [-0.15, -0.1) is 11.3 Å². The number of rotatable bonds is 5. The summed E-state index contributed by atoms with van der Waals surface area (Å²) >= 11 is 1.45. The minimum absolute atomic E-state index is 0.122. The van der Waals surface area contributed by atoms with Crippen molar-refractivity contribution in [2.75, 3.05) is 6.54 Å². The number of halogens is 1. The van der Waals surface area contributed by atoms with E-state index in [2.05, 4.69) is 4.98 Å². The third kappa shape index (κ3) is 2.96. The number of aliphatic carboxylic acids is 1. The third-order valence-electron chi connectivity index (χ3n) is 3.66. The molecular weight excluding hydrogens is 291 g/mol. The first-order chi connectivity index (χ1) is 9.89. The lowest BCUT2D eigenvalue weighted by Gasteiger charge is -2.27. The number of thiazole rings is 1. The smallest absolute Gasteiger partial charge is 0.315 e. The molecule has 1 atom stereocenters. The number of carboxylic acids is 1. The zero-order valence-electron chi connectivity index (χ0n) is 11.9. The number of hydrogen-bond donors (Lipinski definition) is 2. The molecule has 0 saturated carbocycles. The van der Waals surface area contributed by atoms with Crippen molar-refractivity contribution in [1.82, 2.24) is 4.98 Å². The minimum atomic E-state index is -1.36. The van der Waals surface area contributed by atoms with Crippen molar-refractivity contribution < 1.29 is 14.3 Å². The van der Waals surface area contributed by atoms with Crippen molar-refractivity contribution in [1.29, 1.82) is 0 Å². The van der Waals surface area contributed by atoms with Crippen molar-refractivity contribution in [2.24, 2.45) is 5.73 Å². The number of carbonyl (C=O) groups is 1. The van der Waals surface area contributed by atoms with Crippen LogP contribution in [0.5, 0.6) is 0 Å². The molecule has 6 heteroatoms. The van der Waals surface area contributed by atoms with Gasteiger partial charge in [0.25, 0.3) is 0 Å². The number of nitrogens with two attached hydrogens (primary N) is 1. The Morgan fingerprint density at radius 3 is 2.67 bits per heavy atom. The number of hydrogen-bond acceptors (Lipinski definition) is 4. The standard InChI is InChI=1S/C15H17FN2O2S/c1-9-10(2)21-13(18-9)7-15(8-17,14(19)20)11-4-3-5-12(16)6-11/h3-6H,7-8,17H2,1-2H3,(H,19,20). The second-order valence-electron chi connectivity index (χ2n) is 5.03. The van der Waals surface area contributed by atoms with Gasteiger partial charge in [-0.1, -0.05) is 12.1 Å². The Balaban J connectivity index is 2.49. The van der Waals surface area contributed by atoms with Crippen LogP contribution in [0.1, 0.15) is 21.1 Å². The fourth-order valence-electron chi connectivity index (χ4n) is 2.24. The second-order valence-corrected chi connectivity index (χ2v) is 6.32. The fourth-order valence-corrected chi connectivity index (χ4v) is 3.29. The van der Waals surface area contributed by atoms with Gasteiger partial charge in [-0.3, -0.25) is 4.79 Å². The quantitative estimate of drug-likeness (QED) is 0.889. The summed E-state index contributed by atoms with van der Waals surface area (Å²) in [5, 5.41) is 10.4. The largest absolute Gasteiger partial charge is 0.481 e. The molecule has 1 unspecified atom stereocenters. The molecule has 0 spiro atoms. The molecule has 2 rings (SSSR count). The van der Waals surface area contributed by atoms with E-state index >= 15 is 0 Å². The van der Waals surface area contributed by atoms with Crippen LogP contribution in [0.25, 0.3) is 0 Å². The first kappa shape index (κ1) is 15.6. The van der Waals surface area contributed by atoms with E-state index in [0.717, 1.165) is 10.6 Å². The molecule has 21 heavy (non-hydrogen) atoms. The topological polar surface area (TPSA) is 76.2 Å². The summed E-state index contributed by atoms with van der Waals surface area (Å²) in [5.41, 5.74) is 5.64. The summed E-state index contributed by atoms with van der Waals surface area (Å²) in [5.74, 6) is -1.54. The van der Waals surface area contributed by atoms with Gasteiger partial charge >= 0.3 is 5.97 Å². The van der Waals surface area contributed by atoms with E-state index < -0.39 is 17.2 Å². The number of nitrogens with zero attached hydrogens (tertiary/aromatic N) is 1. The Kier molecular flexibility index (Phi) is 4.39. The SMILES string of the molecule is Cc1nc(CC(CN)(C(=O)O)c2cccc(F)c2)sc1C. The maximum Gasteiger partial charge on any atom is 0.315 e. The molecule has 1 aromatic carbocycles. The van der Waals surface area contributed by atoms with Gasteiger partial charge in [-0.2, -0.15) is 0 Å². The zero-order chi connectivity index (χ0) is 15.6. The summed E-state index contributed by atoms with van der Waals surface area (Å²) in [6, 6.07) is 5.60. The van der Waals surface area contributed by atoms with Crippen molar-refractivity contribution in [2.45, 2.75) is 25.7 Å². The van der Waals surface area contributed by atoms with Crippen molar-refractivity contribution in [3.8, 4) is 0 Å². The molecule has 4 nitrogen and oxygen atoms in total. The van der Waals surface area contributed by atoms with Crippen molar-refractivity contribution in [3.05, 3.63) is 51.2 Å². The molecule has 0 fully saturated rings. The van der Waals surface area contributed by atoms with E-state index in [0.29, 0.717) is 10.6 Å². The van der Waals surface area contributed by atoms with Gasteiger partial charge in [0.2, 0.25) is 0 Å². The Hall–Kier alpha value is -1.79. The van der Waals surface area contributed by atoms with Crippen LogP contribution in [0, 0.1) is 19.7 Å². The van der Waals surface area contributed by atoms with Gasteiger partial charge in [0, 0.05) is 17.8 Å². The van der Waals surface area contributed by atoms with E-state index in [1.165, 1.54) is 29.5 Å². The summed E-state index contributed by atoms with van der Waals surface area (Å²) in [7, 11) is 0. The van der Waals surface area contributed by atoms with E-state index in [1.807, 2.05) is 13.8 Å². The van der Waals surface area contributed by atoms with Crippen LogP contribution in [-0.4, -0.2) is 22.6 Å². The van der Waals surface area contributed by atoms with Gasteiger partial charge in [0.05, 0.1) is 10.7 Å². The Bertz CT molecular complexity index is 652. The summed E-state index contributed by atoms with van der Waals surface area (Å²) < 4.78 is 13.5. The lowest BCUT2D eigenvalue weighted by molar-refractivity contribution is -0.143. The highest BCUT2D eigenvalue weighted by Crippen LogP contribution is 2.31. The maximum atomic E-state index is 13.5. The third-order valence-corrected chi connectivity index (χ3v) is 4.73. The van der Waals surface area contributed by atoms with Crippen LogP contribution in [0.15, 0.2) is 24.3 Å². The van der Waals surface area contributed by atoms with Crippen LogP contribution in [-0.2, 0) is 16.6 Å². The number of aryl methyl sites for hydroxylation is 2. The van der Waals surface area contributed by atoms with Gasteiger partial charge < -0.3 is 10.8 Å². The van der Waals surface area contributed by atoms with Crippen molar-refractivity contribution >= 4 is 17.3 Å². The van der Waals surface area contributed by atoms with Crippen LogP contribution in [0.2, 0.25) is 0 Å². The number of carboxylic acid groups (broad SMARTS) is 1. The molecule has 0 amide bonds. The first-order valence-electron chi connectivity index (χ1n) is 6.51. The molecule has 0 saturated heterocycles. The predicted octanol–water partition coefficient (Wildman–Crippen LogP) is 2.42. The van der Waals surface area contributed by atoms with E-state index in [4.69, 9.17) is 5.73 Å². The van der Waals surface area contributed by atoms with Crippen LogP contribution < -0.4 is 5.73 Å². The Labute approximate surface area is 126 Å². The summed E-state index contributed by atoms with van der Waals surface area (Å²) in [6.45, 7) is 3.69. The normalized spacial score (nSPS) is 13.9. The molecule has 3 N–H and O–H groups in total. The maximum absolute atomic E-state index is 13.5. The Morgan fingerprint density at radius 1 is 1.48 bits per heavy atom. The van der Waals surface area contributed by atoms with Gasteiger partial charge in [-0.05, 0) is 31.5 Å². The molecule has 1 aromatic heterocycles. The highest BCUT2D eigenvalue weighted by molar-refractivity contribution is 7.11. The zero-order valence-corrected chi connectivity index (χ0v) is 12.7. The van der Waals surface area contributed by atoms with Crippen molar-refractivity contribution in [3.63, 3.8) is 0 Å². The van der Waals surface area contributed by atoms with E-state index in [-0.39, 0.29) is 13.0 Å². The average molecular weight is 308 g/mol. The number of benzene rings is 1. The average Bonchev–Trinajstić information content (AvgIpc) is 2.74. The van der Waals surface area contributed by atoms with E-state index in [9.17, 15) is 14.3 Å². The lowest BCUT2D eigenvalue weighted by atomic mass is 9.77. The number of aromatic nitrogens is 1. The highest BCUT2D eigenvalue weighted by Gasteiger charge is 2.40. The second kappa shape index (κ2) is 5.91. The molecule has 1 heterocycles.